The molecule has 4 rings (SSSR count). The second-order valence-electron chi connectivity index (χ2n) is 10.0. The molecule has 1 N–H and O–H groups in total. The molecule has 0 bridgehead atoms. The van der Waals surface area contributed by atoms with Gasteiger partial charge in [0.15, 0.2) is 0 Å². The van der Waals surface area contributed by atoms with Crippen LogP contribution in [0.4, 0.5) is 5.69 Å². The maximum absolute atomic E-state index is 13.9. The van der Waals surface area contributed by atoms with Crippen LogP contribution in [0.25, 0.3) is 10.8 Å². The van der Waals surface area contributed by atoms with Crippen molar-refractivity contribution in [2.24, 2.45) is 0 Å². The van der Waals surface area contributed by atoms with Crippen molar-refractivity contribution >= 4 is 61.5 Å². The summed E-state index contributed by atoms with van der Waals surface area (Å²) in [6.07, 6.45) is 6.10. The minimum Gasteiger partial charge on any atom is -0.352 e. The summed E-state index contributed by atoms with van der Waals surface area (Å²) in [7, 11) is -3.86. The fourth-order valence-corrected chi connectivity index (χ4v) is 6.40. The fourth-order valence-electron chi connectivity index (χ4n) is 5.03. The fraction of sp³-hybridized carbons (Fsp3) is 0.379. The smallest absolute Gasteiger partial charge is 0.244 e. The van der Waals surface area contributed by atoms with Crippen LogP contribution < -0.4 is 9.62 Å². The van der Waals surface area contributed by atoms with Crippen LogP contribution in [-0.4, -0.2) is 50.0 Å². The second-order valence-corrected chi connectivity index (χ2v) is 12.7. The number of fused-ring (bicyclic) bond motifs is 1. The Kier molecular flexibility index (Phi) is 9.41. The molecule has 3 aromatic rings. The topological polar surface area (TPSA) is 86.8 Å². The first-order valence-electron chi connectivity index (χ1n) is 13.0. The number of sulfonamides is 1. The van der Waals surface area contributed by atoms with Crippen LogP contribution in [-0.2, 0) is 26.2 Å². The zero-order chi connectivity index (χ0) is 28.2. The number of halogens is 2. The molecule has 2 amide bonds. The highest BCUT2D eigenvalue weighted by Gasteiger charge is 2.32. The normalized spacial score (nSPS) is 15.1. The first-order valence-corrected chi connectivity index (χ1v) is 15.6. The van der Waals surface area contributed by atoms with E-state index >= 15 is 0 Å². The zero-order valence-corrected chi connectivity index (χ0v) is 24.4. The van der Waals surface area contributed by atoms with Crippen molar-refractivity contribution < 1.29 is 18.0 Å². The number of rotatable bonds is 9. The maximum atomic E-state index is 13.9. The van der Waals surface area contributed by atoms with Gasteiger partial charge in [0.25, 0.3) is 0 Å². The Morgan fingerprint density at radius 1 is 0.949 bits per heavy atom. The van der Waals surface area contributed by atoms with Crippen molar-refractivity contribution in [1.29, 1.82) is 0 Å². The highest BCUT2D eigenvalue weighted by molar-refractivity contribution is 7.92. The molecule has 0 aliphatic heterocycles. The van der Waals surface area contributed by atoms with E-state index < -0.39 is 28.5 Å². The summed E-state index contributed by atoms with van der Waals surface area (Å²) in [5, 5.41) is 5.33. The van der Waals surface area contributed by atoms with Crippen molar-refractivity contribution in [3.05, 3.63) is 76.3 Å². The molecule has 0 spiro atoms. The Labute approximate surface area is 240 Å². The third-order valence-corrected chi connectivity index (χ3v) is 9.06. The zero-order valence-electron chi connectivity index (χ0n) is 22.1. The van der Waals surface area contributed by atoms with Gasteiger partial charge in [-0.15, -0.1) is 0 Å². The van der Waals surface area contributed by atoms with Crippen molar-refractivity contribution in [2.45, 2.75) is 57.7 Å². The van der Waals surface area contributed by atoms with Crippen LogP contribution in [0.1, 0.15) is 44.6 Å². The van der Waals surface area contributed by atoms with Gasteiger partial charge in [0.1, 0.15) is 12.6 Å². The molecule has 0 saturated heterocycles. The molecule has 1 aliphatic rings. The van der Waals surface area contributed by atoms with E-state index in [9.17, 15) is 18.0 Å². The lowest BCUT2D eigenvalue weighted by Crippen LogP contribution is -2.53. The number of benzene rings is 3. The standard InChI is InChI=1S/C29H33Cl2N3O4S/c1-20(29(36)32-22-12-4-3-5-13-22)33(18-24-25(30)15-9-16-26(24)31)28(35)19-34(39(2,37)38)27-17-8-11-21-10-6-7-14-23(21)27/h6-11,14-17,20,22H,3-5,12-13,18-19H2,1-2H3,(H,32,36)/t20-/m0/s1. The first-order chi connectivity index (χ1) is 18.6. The number of nitrogens with zero attached hydrogens (tertiary/aromatic N) is 2. The molecular weight excluding hydrogens is 557 g/mol. The molecule has 0 aromatic heterocycles. The molecule has 0 unspecified atom stereocenters. The van der Waals surface area contributed by atoms with Crippen LogP contribution >= 0.6 is 23.2 Å². The Morgan fingerprint density at radius 3 is 2.23 bits per heavy atom. The highest BCUT2D eigenvalue weighted by atomic mass is 35.5. The number of hydrogen-bond acceptors (Lipinski definition) is 4. The second kappa shape index (κ2) is 12.6. The summed E-state index contributed by atoms with van der Waals surface area (Å²) in [6.45, 7) is 1.10. The average molecular weight is 591 g/mol. The van der Waals surface area contributed by atoms with Crippen LogP contribution in [0.5, 0.6) is 0 Å². The highest BCUT2D eigenvalue weighted by Crippen LogP contribution is 2.30. The van der Waals surface area contributed by atoms with E-state index in [2.05, 4.69) is 5.32 Å². The van der Waals surface area contributed by atoms with Crippen LogP contribution in [0, 0.1) is 0 Å². The van der Waals surface area contributed by atoms with Crippen LogP contribution in [0.15, 0.2) is 60.7 Å². The number of anilines is 1. The van der Waals surface area contributed by atoms with E-state index in [1.54, 1.807) is 37.3 Å². The van der Waals surface area contributed by atoms with Crippen molar-refractivity contribution in [3.8, 4) is 0 Å². The van der Waals surface area contributed by atoms with E-state index in [1.807, 2.05) is 30.3 Å². The molecule has 1 atom stereocenters. The van der Waals surface area contributed by atoms with E-state index in [0.29, 0.717) is 26.7 Å². The van der Waals surface area contributed by atoms with Gasteiger partial charge in [0.2, 0.25) is 21.8 Å². The molecule has 0 heterocycles. The molecule has 3 aromatic carbocycles. The Balaban J connectivity index is 1.68. The third-order valence-electron chi connectivity index (χ3n) is 7.22. The first kappa shape index (κ1) is 29.2. The summed E-state index contributed by atoms with van der Waals surface area (Å²) < 4.78 is 27.1. The summed E-state index contributed by atoms with van der Waals surface area (Å²) in [5.74, 6) is -0.842. The predicted octanol–water partition coefficient (Wildman–Crippen LogP) is 5.78. The Bertz CT molecular complexity index is 1430. The minimum atomic E-state index is -3.86. The van der Waals surface area contributed by atoms with Crippen molar-refractivity contribution in [3.63, 3.8) is 0 Å². The van der Waals surface area contributed by atoms with Gasteiger partial charge in [-0.1, -0.05) is 84.9 Å². The molecule has 1 saturated carbocycles. The number of amides is 2. The van der Waals surface area contributed by atoms with Gasteiger partial charge in [0.05, 0.1) is 11.9 Å². The molecular formula is C29H33Cl2N3O4S. The quantitative estimate of drug-likeness (QED) is 0.343. The Hall–Kier alpha value is -2.81. The molecule has 7 nitrogen and oxygen atoms in total. The molecule has 10 heteroatoms. The number of carbonyl (C=O) groups excluding carboxylic acids is 2. The van der Waals surface area contributed by atoms with Gasteiger partial charge in [-0.25, -0.2) is 8.42 Å². The van der Waals surface area contributed by atoms with Gasteiger partial charge in [0, 0.05) is 33.6 Å². The summed E-state index contributed by atoms with van der Waals surface area (Å²) in [4.78, 5) is 28.6. The van der Waals surface area contributed by atoms with Gasteiger partial charge in [-0.2, -0.15) is 0 Å². The number of carbonyl (C=O) groups is 2. The van der Waals surface area contributed by atoms with Crippen molar-refractivity contribution in [2.75, 3.05) is 17.1 Å². The third kappa shape index (κ3) is 7.04. The van der Waals surface area contributed by atoms with Gasteiger partial charge in [-0.3, -0.25) is 13.9 Å². The van der Waals surface area contributed by atoms with Crippen molar-refractivity contribution in [1.82, 2.24) is 10.2 Å². The average Bonchev–Trinajstić information content (AvgIpc) is 2.91. The van der Waals surface area contributed by atoms with Gasteiger partial charge in [-0.05, 0) is 43.4 Å². The number of hydrogen-bond donors (Lipinski definition) is 1. The molecule has 1 aliphatic carbocycles. The van der Waals surface area contributed by atoms with E-state index in [0.717, 1.165) is 48.1 Å². The van der Waals surface area contributed by atoms with E-state index in [1.165, 1.54) is 4.90 Å². The largest absolute Gasteiger partial charge is 0.352 e. The molecule has 1 fully saturated rings. The summed E-state index contributed by atoms with van der Waals surface area (Å²) >= 11 is 12.9. The lowest BCUT2D eigenvalue weighted by atomic mass is 9.95. The predicted molar refractivity (Wildman–Crippen MR) is 158 cm³/mol. The molecule has 0 radical (unpaired) electrons. The lowest BCUT2D eigenvalue weighted by molar-refractivity contribution is -0.139. The molecule has 39 heavy (non-hydrogen) atoms. The van der Waals surface area contributed by atoms with Crippen LogP contribution in [0.2, 0.25) is 10.0 Å². The number of nitrogens with one attached hydrogen (secondary N) is 1. The summed E-state index contributed by atoms with van der Waals surface area (Å²) in [6, 6.07) is 16.9. The summed E-state index contributed by atoms with van der Waals surface area (Å²) in [5.41, 5.74) is 0.876. The van der Waals surface area contributed by atoms with Gasteiger partial charge < -0.3 is 10.2 Å². The lowest BCUT2D eigenvalue weighted by Gasteiger charge is -2.33. The van der Waals surface area contributed by atoms with E-state index in [-0.39, 0.29) is 18.5 Å². The Morgan fingerprint density at radius 2 is 1.56 bits per heavy atom. The van der Waals surface area contributed by atoms with E-state index in [4.69, 9.17) is 23.2 Å². The SMILES string of the molecule is C[C@@H](C(=O)NC1CCCCC1)N(Cc1c(Cl)cccc1Cl)C(=O)CN(c1cccc2ccccc12)S(C)(=O)=O. The monoisotopic (exact) mass is 589 g/mol. The van der Waals surface area contributed by atoms with Gasteiger partial charge >= 0.3 is 0 Å². The maximum Gasteiger partial charge on any atom is 0.244 e. The minimum absolute atomic E-state index is 0.0519. The molecule has 208 valence electrons. The van der Waals surface area contributed by atoms with Crippen LogP contribution in [0.3, 0.4) is 0 Å².